The number of nitrogens with one attached hydrogen (secondary N) is 1. The predicted molar refractivity (Wildman–Crippen MR) is 95.2 cm³/mol. The van der Waals surface area contributed by atoms with Gasteiger partial charge in [0.05, 0.1) is 5.69 Å². The van der Waals surface area contributed by atoms with E-state index in [0.717, 1.165) is 27.3 Å². The van der Waals surface area contributed by atoms with Crippen LogP contribution in [0.25, 0.3) is 17.1 Å². The Morgan fingerprint density at radius 1 is 1.00 bits per heavy atom. The second-order valence-electron chi connectivity index (χ2n) is 5.29. The fourth-order valence-electron chi connectivity index (χ4n) is 2.41. The molecule has 122 valence electrons. The molecule has 0 aliphatic rings. The lowest BCUT2D eigenvalue weighted by molar-refractivity contribution is 0.103. The van der Waals surface area contributed by atoms with Crippen LogP contribution in [-0.2, 0) is 0 Å². The molecule has 0 radical (unpaired) electrons. The molecule has 1 N–H and O–H groups in total. The second-order valence-corrected chi connectivity index (χ2v) is 6.23. The molecule has 0 aliphatic heterocycles. The van der Waals surface area contributed by atoms with E-state index in [1.807, 2.05) is 36.4 Å². The maximum absolute atomic E-state index is 12.4. The van der Waals surface area contributed by atoms with Crippen molar-refractivity contribution in [1.29, 1.82) is 0 Å². The quantitative estimate of drug-likeness (QED) is 0.575. The van der Waals surface area contributed by atoms with Crippen molar-refractivity contribution >= 4 is 17.1 Å². The number of hydrogen-bond donors (Lipinski definition) is 1. The number of carbonyl (C=O) groups excluding carboxylic acids is 1. The topological polar surface area (TPSA) is 80.6 Å². The average molecular weight is 348 g/mol. The van der Waals surface area contributed by atoms with Crippen molar-refractivity contribution in [3.8, 4) is 17.1 Å². The lowest BCUT2D eigenvalue weighted by Crippen LogP contribution is -2.12. The van der Waals surface area contributed by atoms with Gasteiger partial charge in [-0.3, -0.25) is 14.7 Å². The first kappa shape index (κ1) is 15.2. The molecule has 6 nitrogen and oxygen atoms in total. The molecule has 2 heterocycles. The molecule has 0 aliphatic carbocycles. The van der Waals surface area contributed by atoms with Crippen molar-refractivity contribution in [3.05, 3.63) is 87.0 Å². The van der Waals surface area contributed by atoms with Gasteiger partial charge in [-0.05, 0) is 16.9 Å². The van der Waals surface area contributed by atoms with Crippen LogP contribution >= 0.6 is 11.3 Å². The van der Waals surface area contributed by atoms with E-state index in [0.29, 0.717) is 11.4 Å². The van der Waals surface area contributed by atoms with Crippen LogP contribution in [-0.4, -0.2) is 25.8 Å². The van der Waals surface area contributed by atoms with E-state index in [2.05, 4.69) is 15.3 Å². The Morgan fingerprint density at radius 2 is 1.68 bits per heavy atom. The van der Waals surface area contributed by atoms with Crippen molar-refractivity contribution in [2.24, 2.45) is 0 Å². The maximum atomic E-state index is 12.4. The minimum Gasteiger partial charge on any atom is -0.286 e. The SMILES string of the molecule is O=C(c1ccccc1)c1nn(-c2cc(-c3ccccc3)[nH]n2)c(=O)s1. The highest BCUT2D eigenvalue weighted by Gasteiger charge is 2.18. The smallest absolute Gasteiger partial charge is 0.286 e. The summed E-state index contributed by atoms with van der Waals surface area (Å²) in [5.74, 6) is 0.0764. The Morgan fingerprint density at radius 3 is 2.40 bits per heavy atom. The van der Waals surface area contributed by atoms with Gasteiger partial charge in [0.25, 0.3) is 0 Å². The molecule has 0 amide bonds. The number of carbonyl (C=O) groups is 1. The van der Waals surface area contributed by atoms with Crippen LogP contribution in [0.1, 0.15) is 15.4 Å². The van der Waals surface area contributed by atoms with E-state index in [9.17, 15) is 9.59 Å². The van der Waals surface area contributed by atoms with Crippen molar-refractivity contribution in [2.75, 3.05) is 0 Å². The van der Waals surface area contributed by atoms with Gasteiger partial charge in [0.15, 0.2) is 10.8 Å². The van der Waals surface area contributed by atoms with Gasteiger partial charge in [-0.2, -0.15) is 9.78 Å². The molecule has 2 aromatic carbocycles. The first-order valence-electron chi connectivity index (χ1n) is 7.53. The van der Waals surface area contributed by atoms with Crippen LogP contribution in [0.5, 0.6) is 0 Å². The van der Waals surface area contributed by atoms with E-state index >= 15 is 0 Å². The lowest BCUT2D eigenvalue weighted by Gasteiger charge is -1.95. The monoisotopic (exact) mass is 348 g/mol. The molecule has 0 saturated carbocycles. The molecule has 0 bridgehead atoms. The second kappa shape index (κ2) is 6.29. The van der Waals surface area contributed by atoms with Gasteiger partial charge >= 0.3 is 4.87 Å². The number of ketones is 1. The molecule has 4 rings (SSSR count). The van der Waals surface area contributed by atoms with Crippen molar-refractivity contribution in [1.82, 2.24) is 20.0 Å². The summed E-state index contributed by atoms with van der Waals surface area (Å²) in [4.78, 5) is 24.3. The highest BCUT2D eigenvalue weighted by atomic mass is 32.1. The summed E-state index contributed by atoms with van der Waals surface area (Å²) in [6.45, 7) is 0. The van der Waals surface area contributed by atoms with Gasteiger partial charge in [-0.1, -0.05) is 60.7 Å². The summed E-state index contributed by atoms with van der Waals surface area (Å²) in [5, 5.41) is 11.3. The summed E-state index contributed by atoms with van der Waals surface area (Å²) in [6.07, 6.45) is 0. The van der Waals surface area contributed by atoms with Gasteiger partial charge in [0, 0.05) is 11.6 Å². The van der Waals surface area contributed by atoms with Crippen LogP contribution in [0.4, 0.5) is 0 Å². The molecule has 0 unspecified atom stereocenters. The molecular weight excluding hydrogens is 336 g/mol. The minimum atomic E-state index is -0.356. The molecule has 25 heavy (non-hydrogen) atoms. The van der Waals surface area contributed by atoms with Gasteiger partial charge in [0.2, 0.25) is 5.78 Å². The first-order valence-corrected chi connectivity index (χ1v) is 8.35. The number of aromatic amines is 1. The average Bonchev–Trinajstić information content (AvgIpc) is 3.29. The van der Waals surface area contributed by atoms with Gasteiger partial charge in [-0.25, -0.2) is 0 Å². The fourth-order valence-corrected chi connectivity index (χ4v) is 3.13. The Balaban J connectivity index is 1.69. The summed E-state index contributed by atoms with van der Waals surface area (Å²) in [7, 11) is 0. The van der Waals surface area contributed by atoms with E-state index in [-0.39, 0.29) is 15.7 Å². The van der Waals surface area contributed by atoms with E-state index in [1.165, 1.54) is 0 Å². The molecule has 0 atom stereocenters. The molecule has 7 heteroatoms. The third-order valence-corrected chi connectivity index (χ3v) is 4.45. The minimum absolute atomic E-state index is 0.139. The molecule has 0 spiro atoms. The maximum Gasteiger partial charge on any atom is 0.331 e. The number of rotatable bonds is 4. The van der Waals surface area contributed by atoms with Crippen molar-refractivity contribution < 1.29 is 4.79 Å². The van der Waals surface area contributed by atoms with Gasteiger partial charge in [0.1, 0.15) is 0 Å². The summed E-state index contributed by atoms with van der Waals surface area (Å²) in [6, 6.07) is 20.1. The molecule has 2 aromatic heterocycles. The number of H-pyrrole nitrogens is 1. The van der Waals surface area contributed by atoms with Crippen LogP contribution in [0.15, 0.2) is 71.5 Å². The van der Waals surface area contributed by atoms with Gasteiger partial charge < -0.3 is 0 Å². The normalized spacial score (nSPS) is 10.7. The Bertz CT molecular complexity index is 1080. The van der Waals surface area contributed by atoms with E-state index in [1.54, 1.807) is 30.3 Å². The number of aromatic nitrogens is 4. The Labute approximate surface area is 146 Å². The molecule has 0 fully saturated rings. The zero-order valence-electron chi connectivity index (χ0n) is 12.9. The predicted octanol–water partition coefficient (Wildman–Crippen LogP) is 2.92. The first-order chi connectivity index (χ1) is 12.2. The molecular formula is C18H12N4O2S. The number of nitrogens with zero attached hydrogens (tertiary/aromatic N) is 3. The molecule has 0 saturated heterocycles. The van der Waals surface area contributed by atoms with Crippen molar-refractivity contribution in [3.63, 3.8) is 0 Å². The highest BCUT2D eigenvalue weighted by Crippen LogP contribution is 2.18. The third kappa shape index (κ3) is 2.92. The summed E-state index contributed by atoms with van der Waals surface area (Å²) >= 11 is 0.810. The lowest BCUT2D eigenvalue weighted by atomic mass is 10.1. The van der Waals surface area contributed by atoms with E-state index in [4.69, 9.17) is 0 Å². The van der Waals surface area contributed by atoms with Crippen LogP contribution in [0, 0.1) is 0 Å². The number of benzene rings is 2. The van der Waals surface area contributed by atoms with Crippen LogP contribution < -0.4 is 4.87 Å². The van der Waals surface area contributed by atoms with Gasteiger partial charge in [-0.15, -0.1) is 5.10 Å². The zero-order valence-corrected chi connectivity index (χ0v) is 13.7. The molecule has 4 aromatic rings. The number of hydrogen-bond acceptors (Lipinski definition) is 5. The van der Waals surface area contributed by atoms with E-state index < -0.39 is 0 Å². The summed E-state index contributed by atoms with van der Waals surface area (Å²) in [5.41, 5.74) is 2.21. The Hall–Kier alpha value is -3.32. The fraction of sp³-hybridized carbons (Fsp3) is 0. The zero-order chi connectivity index (χ0) is 17.2. The summed E-state index contributed by atoms with van der Waals surface area (Å²) < 4.78 is 1.14. The van der Waals surface area contributed by atoms with Crippen LogP contribution in [0.2, 0.25) is 0 Å². The Kier molecular flexibility index (Phi) is 3.83. The largest absolute Gasteiger partial charge is 0.331 e. The third-order valence-electron chi connectivity index (χ3n) is 3.64. The van der Waals surface area contributed by atoms with Crippen LogP contribution in [0.3, 0.4) is 0 Å². The van der Waals surface area contributed by atoms with Crippen molar-refractivity contribution in [2.45, 2.75) is 0 Å². The standard InChI is InChI=1S/C18H12N4O2S/c23-16(13-9-5-2-6-10-13)17-21-22(18(24)25-17)15-11-14(19-20-15)12-7-3-1-4-8-12/h1-11H,(H,19,20). The highest BCUT2D eigenvalue weighted by molar-refractivity contribution is 7.11.